The van der Waals surface area contributed by atoms with Crippen molar-refractivity contribution in [2.24, 2.45) is 5.92 Å². The van der Waals surface area contributed by atoms with Crippen LogP contribution in [-0.4, -0.2) is 29.8 Å². The van der Waals surface area contributed by atoms with E-state index in [0.29, 0.717) is 11.5 Å². The van der Waals surface area contributed by atoms with Crippen LogP contribution in [0.2, 0.25) is 0 Å². The average Bonchev–Trinajstić information content (AvgIpc) is 3.01. The molecular weight excluding hydrogens is 285 g/mol. The minimum absolute atomic E-state index is 0.174. The highest BCUT2D eigenvalue weighted by atomic mass is 19.4. The molecule has 2 bridgehead atoms. The molecule has 114 valence electrons. The molecule has 3 rings (SSSR count). The third kappa shape index (κ3) is 2.77. The van der Waals surface area contributed by atoms with Crippen molar-refractivity contribution in [3.63, 3.8) is 0 Å². The molecule has 1 aliphatic heterocycles. The molecule has 1 saturated carbocycles. The lowest BCUT2D eigenvalue weighted by atomic mass is 10.1. The number of benzene rings is 1. The summed E-state index contributed by atoms with van der Waals surface area (Å²) in [5.74, 6) is -0.0985. The number of alkyl halides is 3. The highest BCUT2D eigenvalue weighted by Crippen LogP contribution is 2.38. The SMILES string of the molecule is Nc1cc(C(=O)N2CC3CCC2C3)ccc1OC(F)(F)F. The number of piperidine rings is 1. The van der Waals surface area contributed by atoms with Crippen molar-refractivity contribution in [2.45, 2.75) is 31.7 Å². The van der Waals surface area contributed by atoms with Crippen molar-refractivity contribution in [1.82, 2.24) is 4.90 Å². The Balaban J connectivity index is 1.77. The zero-order valence-corrected chi connectivity index (χ0v) is 11.2. The number of nitrogen functional groups attached to an aromatic ring is 1. The molecule has 7 heteroatoms. The van der Waals surface area contributed by atoms with Gasteiger partial charge in [0.05, 0.1) is 5.69 Å². The van der Waals surface area contributed by atoms with E-state index < -0.39 is 12.1 Å². The fraction of sp³-hybridized carbons (Fsp3) is 0.500. The van der Waals surface area contributed by atoms with E-state index in [2.05, 4.69) is 4.74 Å². The summed E-state index contributed by atoms with van der Waals surface area (Å²) in [6, 6.07) is 3.92. The topological polar surface area (TPSA) is 55.6 Å². The van der Waals surface area contributed by atoms with Crippen LogP contribution >= 0.6 is 0 Å². The number of amides is 1. The summed E-state index contributed by atoms with van der Waals surface area (Å²) in [6.07, 6.45) is -1.62. The first-order valence-electron chi connectivity index (χ1n) is 6.80. The van der Waals surface area contributed by atoms with Crippen LogP contribution in [0.5, 0.6) is 5.75 Å². The molecule has 4 nitrogen and oxygen atoms in total. The number of fused-ring (bicyclic) bond motifs is 2. The van der Waals surface area contributed by atoms with Gasteiger partial charge in [-0.05, 0) is 43.4 Å². The van der Waals surface area contributed by atoms with E-state index in [0.717, 1.165) is 31.9 Å². The third-order valence-electron chi connectivity index (χ3n) is 4.15. The number of carbonyl (C=O) groups excluding carboxylic acids is 1. The summed E-state index contributed by atoms with van der Waals surface area (Å²) >= 11 is 0. The van der Waals surface area contributed by atoms with Gasteiger partial charge < -0.3 is 15.4 Å². The number of hydrogen-bond donors (Lipinski definition) is 1. The van der Waals surface area contributed by atoms with Crippen molar-refractivity contribution in [2.75, 3.05) is 12.3 Å². The predicted molar refractivity (Wildman–Crippen MR) is 69.7 cm³/mol. The minimum Gasteiger partial charge on any atom is -0.404 e. The molecule has 1 heterocycles. The number of rotatable bonds is 2. The summed E-state index contributed by atoms with van der Waals surface area (Å²) in [4.78, 5) is 14.2. The molecule has 1 aliphatic carbocycles. The number of nitrogens with zero attached hydrogens (tertiary/aromatic N) is 1. The second-order valence-corrected chi connectivity index (χ2v) is 5.59. The largest absolute Gasteiger partial charge is 0.573 e. The van der Waals surface area contributed by atoms with Crippen molar-refractivity contribution in [3.05, 3.63) is 23.8 Å². The minimum atomic E-state index is -4.80. The van der Waals surface area contributed by atoms with Gasteiger partial charge in [-0.3, -0.25) is 4.79 Å². The Labute approximate surface area is 119 Å². The fourth-order valence-electron chi connectivity index (χ4n) is 3.24. The first kappa shape index (κ1) is 14.0. The van der Waals surface area contributed by atoms with Gasteiger partial charge in [0.25, 0.3) is 5.91 Å². The first-order chi connectivity index (χ1) is 9.83. The lowest BCUT2D eigenvalue weighted by molar-refractivity contribution is -0.274. The number of ether oxygens (including phenoxy) is 1. The van der Waals surface area contributed by atoms with Crippen LogP contribution in [0.3, 0.4) is 0 Å². The van der Waals surface area contributed by atoms with Gasteiger partial charge in [0, 0.05) is 18.2 Å². The standard InChI is InChI=1S/C14H15F3N2O2/c15-14(16,17)21-12-4-2-9(6-11(12)18)13(20)19-7-8-1-3-10(19)5-8/h2,4,6,8,10H,1,3,5,7,18H2. The molecule has 2 aliphatic rings. The van der Waals surface area contributed by atoms with Crippen LogP contribution in [0.15, 0.2) is 18.2 Å². The van der Waals surface area contributed by atoms with Crippen LogP contribution in [0.25, 0.3) is 0 Å². The summed E-state index contributed by atoms with van der Waals surface area (Å²) in [5.41, 5.74) is 5.65. The lowest BCUT2D eigenvalue weighted by Gasteiger charge is -2.27. The van der Waals surface area contributed by atoms with Crippen LogP contribution in [0.1, 0.15) is 29.6 Å². The van der Waals surface area contributed by atoms with E-state index in [9.17, 15) is 18.0 Å². The predicted octanol–water partition coefficient (Wildman–Crippen LogP) is 2.79. The van der Waals surface area contributed by atoms with E-state index >= 15 is 0 Å². The number of halogens is 3. The van der Waals surface area contributed by atoms with Crippen molar-refractivity contribution < 1.29 is 22.7 Å². The highest BCUT2D eigenvalue weighted by Gasteiger charge is 2.40. The lowest BCUT2D eigenvalue weighted by Crippen LogP contribution is -2.37. The number of nitrogens with two attached hydrogens (primary N) is 1. The molecule has 0 aromatic heterocycles. The van der Waals surface area contributed by atoms with Crippen molar-refractivity contribution >= 4 is 11.6 Å². The van der Waals surface area contributed by atoms with Crippen LogP contribution in [-0.2, 0) is 0 Å². The first-order valence-corrected chi connectivity index (χ1v) is 6.80. The van der Waals surface area contributed by atoms with Gasteiger partial charge in [-0.15, -0.1) is 13.2 Å². The Kier molecular flexibility index (Phi) is 3.22. The van der Waals surface area contributed by atoms with E-state index in [1.54, 1.807) is 4.90 Å². The van der Waals surface area contributed by atoms with E-state index in [1.807, 2.05) is 0 Å². The number of hydrogen-bond acceptors (Lipinski definition) is 3. The van der Waals surface area contributed by atoms with E-state index in [-0.39, 0.29) is 17.6 Å². The maximum Gasteiger partial charge on any atom is 0.573 e. The van der Waals surface area contributed by atoms with Crippen LogP contribution < -0.4 is 10.5 Å². The normalized spacial score (nSPS) is 24.4. The molecule has 2 atom stereocenters. The summed E-state index contributed by atoms with van der Waals surface area (Å²) < 4.78 is 40.3. The second kappa shape index (κ2) is 4.82. The van der Waals surface area contributed by atoms with Gasteiger partial charge in [-0.2, -0.15) is 0 Å². The number of likely N-dealkylation sites (tertiary alicyclic amines) is 1. The van der Waals surface area contributed by atoms with Gasteiger partial charge in [0.15, 0.2) is 5.75 Å². The smallest absolute Gasteiger partial charge is 0.404 e. The molecule has 1 aromatic rings. The Morgan fingerprint density at radius 3 is 2.62 bits per heavy atom. The van der Waals surface area contributed by atoms with Crippen molar-refractivity contribution in [3.8, 4) is 5.75 Å². The Morgan fingerprint density at radius 2 is 2.10 bits per heavy atom. The van der Waals surface area contributed by atoms with Gasteiger partial charge in [0.1, 0.15) is 0 Å². The molecule has 1 amide bonds. The van der Waals surface area contributed by atoms with E-state index in [4.69, 9.17) is 5.73 Å². The Bertz CT molecular complexity index is 574. The van der Waals surface area contributed by atoms with Gasteiger partial charge >= 0.3 is 6.36 Å². The molecule has 2 fully saturated rings. The molecule has 21 heavy (non-hydrogen) atoms. The van der Waals surface area contributed by atoms with Crippen LogP contribution in [0, 0.1) is 5.92 Å². The Morgan fingerprint density at radius 1 is 1.33 bits per heavy atom. The zero-order chi connectivity index (χ0) is 15.2. The third-order valence-corrected chi connectivity index (χ3v) is 4.15. The molecule has 0 spiro atoms. The van der Waals surface area contributed by atoms with Gasteiger partial charge in [-0.1, -0.05) is 0 Å². The average molecular weight is 300 g/mol. The van der Waals surface area contributed by atoms with Gasteiger partial charge in [0.2, 0.25) is 0 Å². The highest BCUT2D eigenvalue weighted by molar-refractivity contribution is 5.96. The maximum absolute atomic E-state index is 12.4. The quantitative estimate of drug-likeness (QED) is 0.854. The molecule has 2 N–H and O–H groups in total. The number of anilines is 1. The van der Waals surface area contributed by atoms with Gasteiger partial charge in [-0.25, -0.2) is 0 Å². The Hall–Kier alpha value is -1.92. The van der Waals surface area contributed by atoms with Crippen molar-refractivity contribution in [1.29, 1.82) is 0 Å². The van der Waals surface area contributed by atoms with Crippen LogP contribution in [0.4, 0.5) is 18.9 Å². The summed E-state index contributed by atoms with van der Waals surface area (Å²) in [6.45, 7) is 0.726. The molecular formula is C14H15F3N2O2. The zero-order valence-electron chi connectivity index (χ0n) is 11.2. The second-order valence-electron chi connectivity index (χ2n) is 5.59. The maximum atomic E-state index is 12.4. The molecule has 1 saturated heterocycles. The number of carbonyl (C=O) groups is 1. The molecule has 0 radical (unpaired) electrons. The summed E-state index contributed by atoms with van der Waals surface area (Å²) in [7, 11) is 0. The van der Waals surface area contributed by atoms with E-state index in [1.165, 1.54) is 12.1 Å². The molecule has 2 unspecified atom stereocenters. The summed E-state index contributed by atoms with van der Waals surface area (Å²) in [5, 5.41) is 0. The monoisotopic (exact) mass is 300 g/mol. The molecule has 1 aromatic carbocycles. The fourth-order valence-corrected chi connectivity index (χ4v) is 3.24.